The molecule has 0 aliphatic rings. The lowest BCUT2D eigenvalue weighted by Gasteiger charge is -2.05. The molecule has 98 valence electrons. The second-order valence-electron chi connectivity index (χ2n) is 3.90. The largest absolute Gasteiger partial charge is 0.409 e. The maximum absolute atomic E-state index is 8.58. The summed E-state index contributed by atoms with van der Waals surface area (Å²) in [5.74, 6) is 0.936. The third-order valence-corrected chi connectivity index (χ3v) is 4.17. The lowest BCUT2D eigenvalue weighted by Crippen LogP contribution is -2.12. The zero-order valence-corrected chi connectivity index (χ0v) is 11.7. The summed E-state index contributed by atoms with van der Waals surface area (Å²) in [5, 5.41) is 12.3. The van der Waals surface area contributed by atoms with E-state index in [1.165, 1.54) is 0 Å². The first-order valence-electron chi connectivity index (χ1n) is 5.65. The number of amidine groups is 1. The number of nitrogens with two attached hydrogens (primary N) is 1. The number of thioether (sulfide) groups is 1. The molecule has 0 atom stereocenters. The van der Waals surface area contributed by atoms with Gasteiger partial charge in [0, 0.05) is 16.2 Å². The van der Waals surface area contributed by atoms with Crippen molar-refractivity contribution >= 4 is 29.2 Å². The van der Waals surface area contributed by atoms with E-state index >= 15 is 0 Å². The second-order valence-corrected chi connectivity index (χ2v) is 5.33. The average molecular weight is 293 g/mol. The number of benzene rings is 2. The van der Waals surface area contributed by atoms with Crippen molar-refractivity contribution in [3.63, 3.8) is 0 Å². The lowest BCUT2D eigenvalue weighted by molar-refractivity contribution is 0.318. The standard InChI is InChI=1S/C14H13ClN2OS/c15-12-3-1-2-4-13(12)19-9-10-5-7-11(8-6-10)14(16)17-18/h1-8,18H,9H2,(H2,16,17). The van der Waals surface area contributed by atoms with Crippen LogP contribution in [0.5, 0.6) is 0 Å². The summed E-state index contributed by atoms with van der Waals surface area (Å²) in [5.41, 5.74) is 7.36. The molecule has 2 rings (SSSR count). The van der Waals surface area contributed by atoms with Crippen molar-refractivity contribution in [1.82, 2.24) is 0 Å². The molecule has 0 fully saturated rings. The van der Waals surface area contributed by atoms with Crippen LogP contribution < -0.4 is 5.73 Å². The van der Waals surface area contributed by atoms with Crippen LogP contribution in [0.3, 0.4) is 0 Å². The molecule has 0 bridgehead atoms. The Kier molecular flexibility index (Phi) is 4.71. The van der Waals surface area contributed by atoms with E-state index in [0.717, 1.165) is 21.2 Å². The predicted molar refractivity (Wildman–Crippen MR) is 80.0 cm³/mol. The molecule has 2 aromatic rings. The molecule has 0 spiro atoms. The Balaban J connectivity index is 2.03. The van der Waals surface area contributed by atoms with Crippen LogP contribution in [0.25, 0.3) is 0 Å². The molecule has 0 unspecified atom stereocenters. The molecule has 3 nitrogen and oxygen atoms in total. The van der Waals surface area contributed by atoms with Crippen molar-refractivity contribution < 1.29 is 5.21 Å². The van der Waals surface area contributed by atoms with Gasteiger partial charge in [0.15, 0.2) is 5.84 Å². The molecule has 0 saturated carbocycles. The smallest absolute Gasteiger partial charge is 0.170 e. The SMILES string of the molecule is N/C(=N\O)c1ccc(CSc2ccccc2Cl)cc1. The van der Waals surface area contributed by atoms with Gasteiger partial charge in [-0.05, 0) is 17.7 Å². The van der Waals surface area contributed by atoms with Crippen LogP contribution in [-0.4, -0.2) is 11.0 Å². The number of rotatable bonds is 4. The van der Waals surface area contributed by atoms with Gasteiger partial charge < -0.3 is 10.9 Å². The fourth-order valence-corrected chi connectivity index (χ4v) is 2.75. The van der Waals surface area contributed by atoms with Gasteiger partial charge in [0.05, 0.1) is 5.02 Å². The molecule has 0 aromatic heterocycles. The van der Waals surface area contributed by atoms with Gasteiger partial charge in [-0.1, -0.05) is 53.2 Å². The highest BCUT2D eigenvalue weighted by atomic mass is 35.5. The maximum Gasteiger partial charge on any atom is 0.170 e. The summed E-state index contributed by atoms with van der Waals surface area (Å²) >= 11 is 7.77. The Hall–Kier alpha value is -1.65. The number of halogens is 1. The molecule has 5 heteroatoms. The van der Waals surface area contributed by atoms with Crippen LogP contribution in [0.1, 0.15) is 11.1 Å². The van der Waals surface area contributed by atoms with E-state index in [0.29, 0.717) is 5.56 Å². The number of hydrogen-bond donors (Lipinski definition) is 2. The average Bonchev–Trinajstić information content (AvgIpc) is 2.46. The van der Waals surface area contributed by atoms with E-state index in [1.807, 2.05) is 48.5 Å². The Labute approximate surface area is 121 Å². The highest BCUT2D eigenvalue weighted by molar-refractivity contribution is 7.98. The van der Waals surface area contributed by atoms with E-state index in [9.17, 15) is 0 Å². The molecule has 0 saturated heterocycles. The van der Waals surface area contributed by atoms with E-state index in [4.69, 9.17) is 22.5 Å². The first-order valence-corrected chi connectivity index (χ1v) is 7.01. The van der Waals surface area contributed by atoms with Crippen LogP contribution in [0, 0.1) is 0 Å². The minimum Gasteiger partial charge on any atom is -0.409 e. The van der Waals surface area contributed by atoms with Crippen LogP contribution in [0.15, 0.2) is 58.6 Å². The summed E-state index contributed by atoms with van der Waals surface area (Å²) in [7, 11) is 0. The van der Waals surface area contributed by atoms with Gasteiger partial charge in [0.25, 0.3) is 0 Å². The van der Waals surface area contributed by atoms with Crippen LogP contribution >= 0.6 is 23.4 Å². The van der Waals surface area contributed by atoms with Gasteiger partial charge in [0.2, 0.25) is 0 Å². The van der Waals surface area contributed by atoms with Crippen molar-refractivity contribution in [3.05, 3.63) is 64.7 Å². The highest BCUT2D eigenvalue weighted by Gasteiger charge is 2.02. The van der Waals surface area contributed by atoms with E-state index in [2.05, 4.69) is 5.16 Å². The fraction of sp³-hybridized carbons (Fsp3) is 0.0714. The summed E-state index contributed by atoms with van der Waals surface area (Å²) in [6.45, 7) is 0. The van der Waals surface area contributed by atoms with Crippen molar-refractivity contribution in [2.75, 3.05) is 0 Å². The van der Waals surface area contributed by atoms with E-state index in [-0.39, 0.29) is 5.84 Å². The predicted octanol–water partition coefficient (Wildman–Crippen LogP) is 3.73. The van der Waals surface area contributed by atoms with Gasteiger partial charge in [0.1, 0.15) is 0 Å². The normalized spacial score (nSPS) is 11.5. The van der Waals surface area contributed by atoms with Crippen molar-refractivity contribution in [3.8, 4) is 0 Å². The molecule has 0 aliphatic heterocycles. The molecule has 0 amide bonds. The van der Waals surface area contributed by atoms with Gasteiger partial charge >= 0.3 is 0 Å². The Morgan fingerprint density at radius 1 is 1.16 bits per heavy atom. The summed E-state index contributed by atoms with van der Waals surface area (Å²) < 4.78 is 0. The Morgan fingerprint density at radius 2 is 1.84 bits per heavy atom. The van der Waals surface area contributed by atoms with Crippen molar-refractivity contribution in [1.29, 1.82) is 0 Å². The first kappa shape index (κ1) is 13.8. The first-order chi connectivity index (χ1) is 9.20. The maximum atomic E-state index is 8.58. The van der Waals surface area contributed by atoms with Gasteiger partial charge in [-0.2, -0.15) is 0 Å². The zero-order chi connectivity index (χ0) is 13.7. The topological polar surface area (TPSA) is 58.6 Å². The lowest BCUT2D eigenvalue weighted by atomic mass is 10.1. The van der Waals surface area contributed by atoms with Crippen molar-refractivity contribution in [2.45, 2.75) is 10.6 Å². The summed E-state index contributed by atoms with van der Waals surface area (Å²) in [4.78, 5) is 1.06. The minimum absolute atomic E-state index is 0.116. The van der Waals surface area contributed by atoms with Crippen LogP contribution in [-0.2, 0) is 5.75 Å². The molecule has 0 radical (unpaired) electrons. The Bertz CT molecular complexity index is 584. The molecular formula is C14H13ClN2OS. The minimum atomic E-state index is 0.116. The number of hydrogen-bond acceptors (Lipinski definition) is 3. The van der Waals surface area contributed by atoms with Crippen LogP contribution in [0.2, 0.25) is 5.02 Å². The quantitative estimate of drug-likeness (QED) is 0.297. The zero-order valence-electron chi connectivity index (χ0n) is 10.1. The number of oxime groups is 1. The molecule has 3 N–H and O–H groups in total. The Morgan fingerprint density at radius 3 is 2.47 bits per heavy atom. The van der Waals surface area contributed by atoms with E-state index in [1.54, 1.807) is 11.8 Å². The molecule has 2 aromatic carbocycles. The van der Waals surface area contributed by atoms with Gasteiger partial charge in [-0.3, -0.25) is 0 Å². The van der Waals surface area contributed by atoms with E-state index < -0.39 is 0 Å². The highest BCUT2D eigenvalue weighted by Crippen LogP contribution is 2.29. The fourth-order valence-electron chi connectivity index (χ4n) is 1.55. The summed E-state index contributed by atoms with van der Waals surface area (Å²) in [6, 6.07) is 15.3. The second kappa shape index (κ2) is 6.50. The number of nitrogens with zero attached hydrogens (tertiary/aromatic N) is 1. The summed E-state index contributed by atoms with van der Waals surface area (Å²) in [6.07, 6.45) is 0. The third-order valence-electron chi connectivity index (χ3n) is 2.59. The van der Waals surface area contributed by atoms with Crippen molar-refractivity contribution in [2.24, 2.45) is 10.9 Å². The molecule has 0 heterocycles. The third kappa shape index (κ3) is 3.66. The monoisotopic (exact) mass is 292 g/mol. The van der Waals surface area contributed by atoms with Gasteiger partial charge in [-0.25, -0.2) is 0 Å². The van der Waals surface area contributed by atoms with Crippen LogP contribution in [0.4, 0.5) is 0 Å². The molecule has 0 aliphatic carbocycles. The van der Waals surface area contributed by atoms with Gasteiger partial charge in [-0.15, -0.1) is 11.8 Å². The molecular weight excluding hydrogens is 280 g/mol. The molecule has 19 heavy (non-hydrogen) atoms.